The monoisotopic (exact) mass is 334 g/mol. The Morgan fingerprint density at radius 2 is 1.25 bits per heavy atom. The van der Waals surface area contributed by atoms with Gasteiger partial charge in [-0.1, -0.05) is 49.3 Å². The lowest BCUT2D eigenvalue weighted by atomic mass is 9.69. The van der Waals surface area contributed by atoms with Gasteiger partial charge in [0.2, 0.25) is 0 Å². The van der Waals surface area contributed by atoms with Crippen LogP contribution in [0.3, 0.4) is 0 Å². The van der Waals surface area contributed by atoms with Crippen LogP contribution in [0, 0.1) is 23.7 Å². The van der Waals surface area contributed by atoms with Gasteiger partial charge in [0.15, 0.2) is 0 Å². The van der Waals surface area contributed by atoms with Gasteiger partial charge in [-0.15, -0.1) is 0 Å². The second-order valence-electron chi connectivity index (χ2n) is 6.37. The molecular formula is C15H27I. The molecule has 94 valence electrons. The molecule has 2 aliphatic rings. The molecule has 0 radical (unpaired) electrons. The Morgan fingerprint density at radius 1 is 0.812 bits per heavy atom. The SMILES string of the molecule is CC1CCC(C2CCC(C(C)I)CC2)CC1. The zero-order valence-corrected chi connectivity index (χ0v) is 13.1. The summed E-state index contributed by atoms with van der Waals surface area (Å²) in [6.07, 6.45) is 12.2. The first-order chi connectivity index (χ1) is 7.66. The molecule has 0 aromatic carbocycles. The van der Waals surface area contributed by atoms with Gasteiger partial charge in [-0.3, -0.25) is 0 Å². The minimum atomic E-state index is 0.893. The number of hydrogen-bond acceptors (Lipinski definition) is 0. The fraction of sp³-hybridized carbons (Fsp3) is 1.00. The summed E-state index contributed by atoms with van der Waals surface area (Å²) in [5, 5.41) is 0. The van der Waals surface area contributed by atoms with Crippen molar-refractivity contribution in [3.05, 3.63) is 0 Å². The molecular weight excluding hydrogens is 307 g/mol. The van der Waals surface area contributed by atoms with E-state index in [1.165, 1.54) is 51.4 Å². The van der Waals surface area contributed by atoms with Crippen molar-refractivity contribution in [3.8, 4) is 0 Å². The molecule has 0 aromatic heterocycles. The van der Waals surface area contributed by atoms with Crippen molar-refractivity contribution in [1.29, 1.82) is 0 Å². The maximum atomic E-state index is 2.63. The Hall–Kier alpha value is 0.730. The third-order valence-corrected chi connectivity index (χ3v) is 6.21. The van der Waals surface area contributed by atoms with Crippen molar-refractivity contribution in [2.45, 2.75) is 69.1 Å². The molecule has 1 unspecified atom stereocenters. The predicted octanol–water partition coefficient (Wildman–Crippen LogP) is 5.44. The molecule has 16 heavy (non-hydrogen) atoms. The van der Waals surface area contributed by atoms with Crippen LogP contribution in [0.2, 0.25) is 0 Å². The first-order valence-electron chi connectivity index (χ1n) is 7.31. The van der Waals surface area contributed by atoms with E-state index in [-0.39, 0.29) is 0 Å². The van der Waals surface area contributed by atoms with E-state index in [1.54, 1.807) is 0 Å². The van der Waals surface area contributed by atoms with Crippen LogP contribution in [0.25, 0.3) is 0 Å². The molecule has 0 aromatic rings. The van der Waals surface area contributed by atoms with E-state index in [4.69, 9.17) is 0 Å². The van der Waals surface area contributed by atoms with Crippen molar-refractivity contribution >= 4 is 22.6 Å². The van der Waals surface area contributed by atoms with Crippen LogP contribution in [-0.4, -0.2) is 3.92 Å². The van der Waals surface area contributed by atoms with Crippen LogP contribution in [0.1, 0.15) is 65.2 Å². The van der Waals surface area contributed by atoms with Gasteiger partial charge >= 0.3 is 0 Å². The van der Waals surface area contributed by atoms with E-state index >= 15 is 0 Å². The van der Waals surface area contributed by atoms with E-state index in [0.29, 0.717) is 0 Å². The molecule has 0 N–H and O–H groups in total. The van der Waals surface area contributed by atoms with Crippen LogP contribution in [0.4, 0.5) is 0 Å². The largest absolute Gasteiger partial charge is 0.0826 e. The van der Waals surface area contributed by atoms with Gasteiger partial charge in [0.25, 0.3) is 0 Å². The topological polar surface area (TPSA) is 0 Å². The third kappa shape index (κ3) is 3.36. The van der Waals surface area contributed by atoms with Gasteiger partial charge in [0.1, 0.15) is 0 Å². The van der Waals surface area contributed by atoms with Crippen molar-refractivity contribution in [1.82, 2.24) is 0 Å². The van der Waals surface area contributed by atoms with Crippen LogP contribution < -0.4 is 0 Å². The minimum Gasteiger partial charge on any atom is -0.0826 e. The maximum absolute atomic E-state index is 2.63. The number of hydrogen-bond donors (Lipinski definition) is 0. The predicted molar refractivity (Wildman–Crippen MR) is 80.1 cm³/mol. The van der Waals surface area contributed by atoms with Crippen molar-refractivity contribution in [3.63, 3.8) is 0 Å². The van der Waals surface area contributed by atoms with Gasteiger partial charge in [-0.05, 0) is 62.2 Å². The average molecular weight is 334 g/mol. The average Bonchev–Trinajstić information content (AvgIpc) is 2.30. The van der Waals surface area contributed by atoms with Crippen LogP contribution in [0.5, 0.6) is 0 Å². The maximum Gasteiger partial charge on any atom is 0.0110 e. The molecule has 0 bridgehead atoms. The van der Waals surface area contributed by atoms with Crippen molar-refractivity contribution < 1.29 is 0 Å². The van der Waals surface area contributed by atoms with Crippen molar-refractivity contribution in [2.24, 2.45) is 23.7 Å². The Labute approximate surface area is 115 Å². The second kappa shape index (κ2) is 6.06. The zero-order chi connectivity index (χ0) is 11.5. The lowest BCUT2D eigenvalue weighted by Crippen LogP contribution is -2.27. The molecule has 2 fully saturated rings. The fourth-order valence-corrected chi connectivity index (χ4v) is 4.55. The van der Waals surface area contributed by atoms with Crippen LogP contribution in [-0.2, 0) is 0 Å². The zero-order valence-electron chi connectivity index (χ0n) is 10.9. The summed E-state index contributed by atoms with van der Waals surface area (Å²) in [5.41, 5.74) is 0. The van der Waals surface area contributed by atoms with Gasteiger partial charge in [-0.25, -0.2) is 0 Å². The number of halogens is 1. The van der Waals surface area contributed by atoms with Gasteiger partial charge in [0.05, 0.1) is 0 Å². The molecule has 0 aliphatic heterocycles. The highest BCUT2D eigenvalue weighted by molar-refractivity contribution is 14.1. The highest BCUT2D eigenvalue weighted by atomic mass is 127. The van der Waals surface area contributed by atoms with E-state index in [1.807, 2.05) is 0 Å². The lowest BCUT2D eigenvalue weighted by molar-refractivity contribution is 0.151. The molecule has 0 nitrogen and oxygen atoms in total. The van der Waals surface area contributed by atoms with Gasteiger partial charge in [-0.2, -0.15) is 0 Å². The number of alkyl halides is 1. The van der Waals surface area contributed by atoms with Gasteiger partial charge < -0.3 is 0 Å². The quantitative estimate of drug-likeness (QED) is 0.466. The first-order valence-corrected chi connectivity index (χ1v) is 8.55. The summed E-state index contributed by atoms with van der Waals surface area (Å²) in [6, 6.07) is 0. The van der Waals surface area contributed by atoms with E-state index in [0.717, 1.165) is 27.6 Å². The summed E-state index contributed by atoms with van der Waals surface area (Å²) in [7, 11) is 0. The Balaban J connectivity index is 1.76. The normalized spacial score (nSPS) is 42.9. The standard InChI is InChI=1S/C15H27I/c1-11-3-5-14(6-4-11)15-9-7-13(8-10-15)12(2)16/h11-15H,3-10H2,1-2H3. The summed E-state index contributed by atoms with van der Waals surface area (Å²) >= 11 is 2.63. The van der Waals surface area contributed by atoms with Gasteiger partial charge in [0, 0.05) is 3.92 Å². The summed E-state index contributed by atoms with van der Waals surface area (Å²) < 4.78 is 0.893. The Morgan fingerprint density at radius 3 is 1.69 bits per heavy atom. The molecule has 1 atom stereocenters. The molecule has 0 spiro atoms. The minimum absolute atomic E-state index is 0.893. The summed E-state index contributed by atoms with van der Waals surface area (Å²) in [6.45, 7) is 4.83. The molecule has 0 amide bonds. The number of rotatable bonds is 2. The van der Waals surface area contributed by atoms with Crippen LogP contribution in [0.15, 0.2) is 0 Å². The summed E-state index contributed by atoms with van der Waals surface area (Å²) in [4.78, 5) is 0. The molecule has 2 aliphatic carbocycles. The van der Waals surface area contributed by atoms with E-state index < -0.39 is 0 Å². The molecule has 0 heterocycles. The Bertz CT molecular complexity index is 195. The van der Waals surface area contributed by atoms with E-state index in [2.05, 4.69) is 36.4 Å². The molecule has 2 saturated carbocycles. The molecule has 0 saturated heterocycles. The van der Waals surface area contributed by atoms with E-state index in [9.17, 15) is 0 Å². The molecule has 1 heteroatoms. The first kappa shape index (κ1) is 13.2. The highest BCUT2D eigenvalue weighted by Crippen LogP contribution is 2.42. The smallest absolute Gasteiger partial charge is 0.0110 e. The lowest BCUT2D eigenvalue weighted by Gasteiger charge is -2.38. The van der Waals surface area contributed by atoms with Crippen molar-refractivity contribution in [2.75, 3.05) is 0 Å². The second-order valence-corrected chi connectivity index (χ2v) is 8.34. The Kier molecular flexibility index (Phi) is 4.99. The fourth-order valence-electron chi connectivity index (χ4n) is 3.83. The summed E-state index contributed by atoms with van der Waals surface area (Å²) in [5.74, 6) is 4.24. The highest BCUT2D eigenvalue weighted by Gasteiger charge is 2.30. The molecule has 2 rings (SSSR count). The van der Waals surface area contributed by atoms with Crippen LogP contribution >= 0.6 is 22.6 Å². The third-order valence-electron chi connectivity index (χ3n) is 5.19.